The molecule has 5 nitrogen and oxygen atoms in total. The molecule has 0 fully saturated rings. The van der Waals surface area contributed by atoms with Crippen LogP contribution in [-0.2, 0) is 16.2 Å². The van der Waals surface area contributed by atoms with Crippen molar-refractivity contribution in [3.8, 4) is 5.75 Å². The number of hydrogen-bond donors (Lipinski definition) is 1. The molecule has 2 aromatic carbocycles. The lowest BCUT2D eigenvalue weighted by molar-refractivity contribution is -0.138. The van der Waals surface area contributed by atoms with Gasteiger partial charge in [0.2, 0.25) is 0 Å². The van der Waals surface area contributed by atoms with Crippen LogP contribution >= 0.6 is 0 Å². The smallest absolute Gasteiger partial charge is 0.349 e. The molecule has 0 aliphatic carbocycles. The minimum absolute atomic E-state index is 0.583. The third-order valence-electron chi connectivity index (χ3n) is 3.85. The molecule has 1 aromatic heterocycles. The quantitative estimate of drug-likeness (QED) is 0.579. The molecule has 3 aromatic rings. The van der Waals surface area contributed by atoms with Crippen LogP contribution in [-0.4, -0.2) is 17.6 Å². The van der Waals surface area contributed by atoms with Crippen LogP contribution in [0.25, 0.3) is 17.0 Å². The molecule has 122 valence electrons. The molecule has 0 aliphatic rings. The number of benzene rings is 2. The molecule has 0 spiro atoms. The second-order valence-electron chi connectivity index (χ2n) is 5.35. The standard InChI is InChI=1S/C19H18N2O3/c1-23-17-8-5-14(6-9-17)13-21-12-11-16-4-2-3-15(19(16)21)7-10-18(22)24-20/h2-12H,13,20H2,1H3/b10-7+. The maximum absolute atomic E-state index is 11.2. The lowest BCUT2D eigenvalue weighted by atomic mass is 10.1. The number of fused-ring (bicyclic) bond motifs is 1. The van der Waals surface area contributed by atoms with E-state index in [0.29, 0.717) is 0 Å². The van der Waals surface area contributed by atoms with E-state index in [-0.39, 0.29) is 0 Å². The summed E-state index contributed by atoms with van der Waals surface area (Å²) in [7, 11) is 1.65. The Balaban J connectivity index is 1.95. The lowest BCUT2D eigenvalue weighted by Crippen LogP contribution is -2.05. The van der Waals surface area contributed by atoms with Crippen molar-refractivity contribution in [2.45, 2.75) is 6.54 Å². The Morgan fingerprint density at radius 3 is 2.67 bits per heavy atom. The number of hydrogen-bond acceptors (Lipinski definition) is 4. The van der Waals surface area contributed by atoms with Gasteiger partial charge in [-0.3, -0.25) is 0 Å². The third-order valence-corrected chi connectivity index (χ3v) is 3.85. The zero-order valence-corrected chi connectivity index (χ0v) is 13.3. The van der Waals surface area contributed by atoms with Crippen molar-refractivity contribution in [3.63, 3.8) is 0 Å². The summed E-state index contributed by atoms with van der Waals surface area (Å²) >= 11 is 0. The van der Waals surface area contributed by atoms with E-state index < -0.39 is 5.97 Å². The second-order valence-corrected chi connectivity index (χ2v) is 5.35. The zero-order valence-electron chi connectivity index (χ0n) is 13.3. The first kappa shape index (κ1) is 15.8. The summed E-state index contributed by atoms with van der Waals surface area (Å²) in [5.41, 5.74) is 3.14. The summed E-state index contributed by atoms with van der Waals surface area (Å²) in [5.74, 6) is 5.12. The highest BCUT2D eigenvalue weighted by Crippen LogP contribution is 2.23. The number of aromatic nitrogens is 1. The molecule has 2 N–H and O–H groups in total. The highest BCUT2D eigenvalue weighted by Gasteiger charge is 2.06. The number of nitrogens with zero attached hydrogens (tertiary/aromatic N) is 1. The lowest BCUT2D eigenvalue weighted by Gasteiger charge is -2.09. The maximum Gasteiger partial charge on any atom is 0.349 e. The summed E-state index contributed by atoms with van der Waals surface area (Å²) in [4.78, 5) is 15.4. The number of carbonyl (C=O) groups is 1. The Hall–Kier alpha value is -3.05. The molecule has 0 saturated heterocycles. The number of nitrogens with two attached hydrogens (primary N) is 1. The topological polar surface area (TPSA) is 66.5 Å². The summed E-state index contributed by atoms with van der Waals surface area (Å²) in [5, 5.41) is 1.10. The van der Waals surface area contributed by atoms with Gasteiger partial charge in [0.1, 0.15) is 5.75 Å². The van der Waals surface area contributed by atoms with Gasteiger partial charge in [-0.25, -0.2) is 4.79 Å². The van der Waals surface area contributed by atoms with Gasteiger partial charge in [0, 0.05) is 24.2 Å². The molecule has 0 saturated carbocycles. The van der Waals surface area contributed by atoms with Crippen molar-refractivity contribution >= 4 is 22.9 Å². The number of carbonyl (C=O) groups excluding carboxylic acids is 1. The van der Waals surface area contributed by atoms with Crippen LogP contribution < -0.4 is 10.6 Å². The number of methoxy groups -OCH3 is 1. The Morgan fingerprint density at radius 1 is 1.17 bits per heavy atom. The van der Waals surface area contributed by atoms with E-state index in [9.17, 15) is 4.79 Å². The van der Waals surface area contributed by atoms with Crippen molar-refractivity contribution in [2.75, 3.05) is 7.11 Å². The fraction of sp³-hybridized carbons (Fsp3) is 0.105. The van der Waals surface area contributed by atoms with Crippen molar-refractivity contribution in [2.24, 2.45) is 5.90 Å². The molecule has 0 atom stereocenters. The summed E-state index contributed by atoms with van der Waals surface area (Å²) in [6, 6.07) is 16.0. The molecule has 1 heterocycles. The van der Waals surface area contributed by atoms with E-state index in [0.717, 1.165) is 34.3 Å². The Bertz CT molecular complexity index is 879. The molecule has 0 radical (unpaired) electrons. The SMILES string of the molecule is COc1ccc(Cn2ccc3cccc(/C=C/C(=O)ON)c32)cc1. The van der Waals surface area contributed by atoms with Crippen LogP contribution in [0.5, 0.6) is 5.75 Å². The van der Waals surface area contributed by atoms with Crippen molar-refractivity contribution in [1.29, 1.82) is 0 Å². The molecular formula is C19H18N2O3. The average Bonchev–Trinajstić information content (AvgIpc) is 3.04. The molecule has 0 aliphatic heterocycles. The van der Waals surface area contributed by atoms with E-state index in [1.54, 1.807) is 13.2 Å². The largest absolute Gasteiger partial charge is 0.497 e. The Labute approximate surface area is 139 Å². The Morgan fingerprint density at radius 2 is 1.96 bits per heavy atom. The van der Waals surface area contributed by atoms with Crippen LogP contribution in [0.15, 0.2) is 60.8 Å². The summed E-state index contributed by atoms with van der Waals surface area (Å²) in [6.45, 7) is 0.722. The molecule has 3 rings (SSSR count). The van der Waals surface area contributed by atoms with E-state index >= 15 is 0 Å². The van der Waals surface area contributed by atoms with Crippen LogP contribution in [0.2, 0.25) is 0 Å². The van der Waals surface area contributed by atoms with Gasteiger partial charge >= 0.3 is 5.97 Å². The molecular weight excluding hydrogens is 304 g/mol. The highest BCUT2D eigenvalue weighted by atomic mass is 16.7. The van der Waals surface area contributed by atoms with Crippen LogP contribution in [0.3, 0.4) is 0 Å². The molecule has 0 amide bonds. The first-order chi connectivity index (χ1) is 11.7. The van der Waals surface area contributed by atoms with Crippen molar-refractivity contribution < 1.29 is 14.4 Å². The van der Waals surface area contributed by atoms with Gasteiger partial charge < -0.3 is 14.1 Å². The monoisotopic (exact) mass is 322 g/mol. The normalized spacial score (nSPS) is 11.1. The van der Waals surface area contributed by atoms with E-state index in [4.69, 9.17) is 10.6 Å². The van der Waals surface area contributed by atoms with Crippen LogP contribution in [0.1, 0.15) is 11.1 Å². The van der Waals surface area contributed by atoms with Crippen LogP contribution in [0.4, 0.5) is 0 Å². The van der Waals surface area contributed by atoms with Gasteiger partial charge in [0.25, 0.3) is 0 Å². The zero-order chi connectivity index (χ0) is 16.9. The molecule has 24 heavy (non-hydrogen) atoms. The first-order valence-electron chi connectivity index (χ1n) is 7.51. The molecule has 0 bridgehead atoms. The van der Waals surface area contributed by atoms with Gasteiger partial charge in [0.15, 0.2) is 0 Å². The fourth-order valence-corrected chi connectivity index (χ4v) is 2.68. The first-order valence-corrected chi connectivity index (χ1v) is 7.51. The van der Waals surface area contributed by atoms with Crippen LogP contribution in [0, 0.1) is 0 Å². The molecule has 0 unspecified atom stereocenters. The van der Waals surface area contributed by atoms with E-state index in [2.05, 4.69) is 15.5 Å². The summed E-state index contributed by atoms with van der Waals surface area (Å²) in [6.07, 6.45) is 5.06. The van der Waals surface area contributed by atoms with Crippen molar-refractivity contribution in [3.05, 3.63) is 71.9 Å². The summed E-state index contributed by atoms with van der Waals surface area (Å²) < 4.78 is 7.33. The van der Waals surface area contributed by atoms with Crippen molar-refractivity contribution in [1.82, 2.24) is 4.57 Å². The van der Waals surface area contributed by atoms with Gasteiger partial charge in [0.05, 0.1) is 12.6 Å². The van der Waals surface area contributed by atoms with E-state index in [1.807, 2.05) is 48.7 Å². The average molecular weight is 322 g/mol. The third kappa shape index (κ3) is 3.31. The predicted octanol–water partition coefficient (Wildman–Crippen LogP) is 3.13. The predicted molar refractivity (Wildman–Crippen MR) is 93.3 cm³/mol. The van der Waals surface area contributed by atoms with E-state index in [1.165, 1.54) is 6.08 Å². The number of rotatable bonds is 5. The Kier molecular flexibility index (Phi) is 4.63. The maximum atomic E-state index is 11.2. The number of ether oxygens (including phenoxy) is 1. The second kappa shape index (κ2) is 7.02. The highest BCUT2D eigenvalue weighted by molar-refractivity contribution is 5.93. The van der Waals surface area contributed by atoms with Gasteiger partial charge in [-0.15, -0.1) is 0 Å². The molecule has 5 heteroatoms. The van der Waals surface area contributed by atoms with Gasteiger partial charge in [-0.1, -0.05) is 30.3 Å². The van der Waals surface area contributed by atoms with Gasteiger partial charge in [-0.05, 0) is 35.4 Å². The minimum Gasteiger partial charge on any atom is -0.497 e. The fourth-order valence-electron chi connectivity index (χ4n) is 2.68. The van der Waals surface area contributed by atoms with Gasteiger partial charge in [-0.2, -0.15) is 5.90 Å². The number of para-hydroxylation sites is 1. The minimum atomic E-state index is -0.583.